The Hall–Kier alpha value is -3.38. The number of piperazine rings is 1. The highest BCUT2D eigenvalue weighted by molar-refractivity contribution is 6.30. The molecule has 0 aromatic heterocycles. The highest BCUT2D eigenvalue weighted by atomic mass is 35.5. The van der Waals surface area contributed by atoms with E-state index in [2.05, 4.69) is 15.6 Å². The zero-order valence-electron chi connectivity index (χ0n) is 17.6. The van der Waals surface area contributed by atoms with Crippen LogP contribution >= 0.6 is 11.6 Å². The molecule has 7 nitrogen and oxygen atoms in total. The molecule has 2 aromatic carbocycles. The molecule has 1 aliphatic rings. The lowest BCUT2D eigenvalue weighted by atomic mass is 10.00. The maximum Gasteiger partial charge on any atom is 0.321 e. The van der Waals surface area contributed by atoms with Crippen LogP contribution in [0.5, 0.6) is 0 Å². The number of benzene rings is 2. The molecule has 168 valence electrons. The Bertz CT molecular complexity index is 1040. The molecular weight excluding hydrogens is 438 g/mol. The van der Waals surface area contributed by atoms with E-state index in [1.807, 2.05) is 24.9 Å². The molecule has 1 heterocycles. The Kier molecular flexibility index (Phi) is 7.49. The van der Waals surface area contributed by atoms with Crippen LogP contribution in [-0.4, -0.2) is 47.5 Å². The Balaban J connectivity index is 1.80. The summed E-state index contributed by atoms with van der Waals surface area (Å²) in [6.07, 6.45) is 1.81. The van der Waals surface area contributed by atoms with Crippen molar-refractivity contribution in [3.8, 4) is 6.19 Å². The fourth-order valence-electron chi connectivity index (χ4n) is 3.47. The summed E-state index contributed by atoms with van der Waals surface area (Å²) in [6, 6.07) is 10.0. The van der Waals surface area contributed by atoms with Crippen molar-refractivity contribution in [3.63, 3.8) is 0 Å². The molecule has 1 aliphatic heterocycles. The third-order valence-corrected chi connectivity index (χ3v) is 5.42. The van der Waals surface area contributed by atoms with Crippen LogP contribution in [0, 0.1) is 29.0 Å². The summed E-state index contributed by atoms with van der Waals surface area (Å²) >= 11 is 5.89. The molecule has 1 atom stereocenters. The molecule has 2 aromatic rings. The number of rotatable bonds is 3. The van der Waals surface area contributed by atoms with Gasteiger partial charge in [-0.1, -0.05) is 31.5 Å². The number of nitriles is 1. The number of aliphatic imine (C=N–C) groups is 1. The van der Waals surface area contributed by atoms with E-state index in [-0.39, 0.29) is 29.6 Å². The quantitative estimate of drug-likeness (QED) is 0.304. The van der Waals surface area contributed by atoms with Crippen LogP contribution in [0.15, 0.2) is 47.5 Å². The van der Waals surface area contributed by atoms with Gasteiger partial charge in [0.05, 0.1) is 6.04 Å². The Labute approximate surface area is 190 Å². The summed E-state index contributed by atoms with van der Waals surface area (Å²) in [7, 11) is 0. The Morgan fingerprint density at radius 2 is 1.94 bits per heavy atom. The van der Waals surface area contributed by atoms with Crippen molar-refractivity contribution in [2.45, 2.75) is 19.9 Å². The summed E-state index contributed by atoms with van der Waals surface area (Å²) in [4.78, 5) is 20.4. The molecule has 0 bridgehead atoms. The standard InChI is InChI=1S/C22H23ClF2N6O/c1-14(2)19-12-30(22(32)28-16-8-6-15(23)7-9-16)10-11-31(19)21(27-13-26)29-18-5-3-4-17(24)20(18)25/h3-9,14,19H,10-12H2,1-2H3,(H,27,29)(H,28,32). The van der Waals surface area contributed by atoms with Gasteiger partial charge < -0.3 is 15.1 Å². The third kappa shape index (κ3) is 5.45. The lowest BCUT2D eigenvalue weighted by Gasteiger charge is -2.44. The van der Waals surface area contributed by atoms with Crippen LogP contribution in [0.25, 0.3) is 0 Å². The van der Waals surface area contributed by atoms with Gasteiger partial charge in [-0.05, 0) is 42.3 Å². The molecule has 2 N–H and O–H groups in total. The topological polar surface area (TPSA) is 83.8 Å². The van der Waals surface area contributed by atoms with Gasteiger partial charge in [0.15, 0.2) is 17.8 Å². The minimum absolute atomic E-state index is 0.0733. The Morgan fingerprint density at radius 3 is 2.59 bits per heavy atom. The van der Waals surface area contributed by atoms with Crippen molar-refractivity contribution in [2.24, 2.45) is 10.9 Å². The van der Waals surface area contributed by atoms with Gasteiger partial charge in [-0.25, -0.2) is 18.6 Å². The molecule has 1 saturated heterocycles. The van der Waals surface area contributed by atoms with Crippen molar-refractivity contribution >= 4 is 35.0 Å². The number of carbonyl (C=O) groups excluding carboxylic acids is 1. The van der Waals surface area contributed by atoms with E-state index < -0.39 is 11.6 Å². The van der Waals surface area contributed by atoms with E-state index in [1.165, 1.54) is 12.1 Å². The van der Waals surface area contributed by atoms with Crippen LogP contribution in [0.4, 0.5) is 25.0 Å². The molecule has 0 spiro atoms. The summed E-state index contributed by atoms with van der Waals surface area (Å²) in [6.45, 7) is 5.01. The summed E-state index contributed by atoms with van der Waals surface area (Å²) in [5.41, 5.74) is 0.408. The number of anilines is 1. The molecule has 32 heavy (non-hydrogen) atoms. The van der Waals surface area contributed by atoms with Crippen LogP contribution < -0.4 is 10.6 Å². The van der Waals surface area contributed by atoms with Crippen LogP contribution in [0.2, 0.25) is 5.02 Å². The van der Waals surface area contributed by atoms with E-state index in [4.69, 9.17) is 11.6 Å². The van der Waals surface area contributed by atoms with Crippen molar-refractivity contribution < 1.29 is 13.6 Å². The zero-order valence-corrected chi connectivity index (χ0v) is 18.4. The van der Waals surface area contributed by atoms with E-state index in [0.717, 1.165) is 6.07 Å². The molecule has 1 fully saturated rings. The second-order valence-electron chi connectivity index (χ2n) is 7.63. The third-order valence-electron chi connectivity index (χ3n) is 5.17. The summed E-state index contributed by atoms with van der Waals surface area (Å²) in [5, 5.41) is 15.1. The minimum atomic E-state index is -1.09. The monoisotopic (exact) mass is 460 g/mol. The molecule has 1 unspecified atom stereocenters. The number of nitrogens with one attached hydrogen (secondary N) is 2. The molecule has 0 radical (unpaired) electrons. The van der Waals surface area contributed by atoms with Crippen LogP contribution in [-0.2, 0) is 0 Å². The van der Waals surface area contributed by atoms with Gasteiger partial charge in [0.1, 0.15) is 5.69 Å². The van der Waals surface area contributed by atoms with Gasteiger partial charge in [0.2, 0.25) is 5.96 Å². The molecular formula is C22H23ClF2N6O. The Morgan fingerprint density at radius 1 is 1.22 bits per heavy atom. The zero-order chi connectivity index (χ0) is 23.3. The number of halogens is 3. The average molecular weight is 461 g/mol. The molecule has 0 aliphatic carbocycles. The van der Waals surface area contributed by atoms with E-state index >= 15 is 0 Å². The largest absolute Gasteiger partial charge is 0.335 e. The normalized spacial score (nSPS) is 16.7. The number of nitrogens with zero attached hydrogens (tertiary/aromatic N) is 4. The molecule has 10 heteroatoms. The predicted molar refractivity (Wildman–Crippen MR) is 120 cm³/mol. The predicted octanol–water partition coefficient (Wildman–Crippen LogP) is 4.55. The summed E-state index contributed by atoms with van der Waals surface area (Å²) < 4.78 is 27.7. The molecule has 3 rings (SSSR count). The number of guanidine groups is 1. The lowest BCUT2D eigenvalue weighted by Crippen LogP contribution is -2.60. The molecule has 2 amide bonds. The van der Waals surface area contributed by atoms with E-state index in [1.54, 1.807) is 29.2 Å². The fourth-order valence-corrected chi connectivity index (χ4v) is 3.60. The highest BCUT2D eigenvalue weighted by Gasteiger charge is 2.33. The van der Waals surface area contributed by atoms with E-state index in [0.29, 0.717) is 30.3 Å². The first-order valence-corrected chi connectivity index (χ1v) is 10.4. The van der Waals surface area contributed by atoms with Crippen molar-refractivity contribution in [2.75, 3.05) is 25.0 Å². The highest BCUT2D eigenvalue weighted by Crippen LogP contribution is 2.23. The lowest BCUT2D eigenvalue weighted by molar-refractivity contribution is 0.118. The van der Waals surface area contributed by atoms with Crippen molar-refractivity contribution in [1.29, 1.82) is 5.26 Å². The smallest absolute Gasteiger partial charge is 0.321 e. The minimum Gasteiger partial charge on any atom is -0.335 e. The number of amides is 2. The number of carbonyl (C=O) groups is 1. The van der Waals surface area contributed by atoms with Gasteiger partial charge in [0.25, 0.3) is 0 Å². The van der Waals surface area contributed by atoms with Gasteiger partial charge in [0, 0.05) is 30.3 Å². The van der Waals surface area contributed by atoms with Gasteiger partial charge in [-0.15, -0.1) is 0 Å². The maximum absolute atomic E-state index is 14.1. The number of hydrogen-bond donors (Lipinski definition) is 2. The SMILES string of the molecule is CC(C)C1CN(C(=O)Nc2ccc(Cl)cc2)CCN1C(=Nc1cccc(F)c1F)NC#N. The maximum atomic E-state index is 14.1. The van der Waals surface area contributed by atoms with Gasteiger partial charge in [-0.2, -0.15) is 5.26 Å². The van der Waals surface area contributed by atoms with Crippen LogP contribution in [0.3, 0.4) is 0 Å². The second kappa shape index (κ2) is 10.3. The first-order valence-electron chi connectivity index (χ1n) is 10.1. The van der Waals surface area contributed by atoms with Gasteiger partial charge >= 0.3 is 6.03 Å². The number of urea groups is 1. The second-order valence-corrected chi connectivity index (χ2v) is 8.07. The first kappa shape index (κ1) is 23.3. The fraction of sp³-hybridized carbons (Fsp3) is 0.318. The van der Waals surface area contributed by atoms with Gasteiger partial charge in [-0.3, -0.25) is 5.32 Å². The molecule has 0 saturated carbocycles. The van der Waals surface area contributed by atoms with E-state index in [9.17, 15) is 18.8 Å². The first-order chi connectivity index (χ1) is 15.3. The summed E-state index contributed by atoms with van der Waals surface area (Å²) in [5.74, 6) is -1.93. The van der Waals surface area contributed by atoms with Crippen molar-refractivity contribution in [3.05, 3.63) is 59.1 Å². The van der Waals surface area contributed by atoms with Crippen molar-refractivity contribution in [1.82, 2.24) is 15.1 Å². The number of hydrogen-bond acceptors (Lipinski definition) is 3. The van der Waals surface area contributed by atoms with Crippen LogP contribution in [0.1, 0.15) is 13.8 Å². The average Bonchev–Trinajstić information content (AvgIpc) is 2.77.